The first kappa shape index (κ1) is 37.2. The zero-order chi connectivity index (χ0) is 30.2. The molecule has 8 nitrogen and oxygen atoms in total. The number of carbonyl (C=O) groups is 3. The number of rotatable bonds is 14. The van der Waals surface area contributed by atoms with Crippen LogP contribution in [0, 0.1) is 0 Å². The van der Waals surface area contributed by atoms with Crippen LogP contribution in [0.2, 0.25) is 0 Å². The number of carboxylic acids is 1. The zero-order valence-corrected chi connectivity index (χ0v) is 24.7. The van der Waals surface area contributed by atoms with Crippen molar-refractivity contribution < 1.29 is 24.3 Å². The smallest absolute Gasteiger partial charge is 0.329 e. The second kappa shape index (κ2) is 29.2. The molecule has 0 unspecified atom stereocenters. The summed E-state index contributed by atoms with van der Waals surface area (Å²) >= 11 is 0. The van der Waals surface area contributed by atoms with Gasteiger partial charge in [0.25, 0.3) is 5.91 Å². The van der Waals surface area contributed by atoms with Crippen LogP contribution in [0.3, 0.4) is 0 Å². The summed E-state index contributed by atoms with van der Waals surface area (Å²) in [6, 6.07) is 8.49. The average molecular weight is 568 g/mol. The Bertz CT molecular complexity index is 937. The van der Waals surface area contributed by atoms with Crippen LogP contribution in [0.25, 0.3) is 0 Å². The number of benzene rings is 1. The third-order valence-corrected chi connectivity index (χ3v) is 5.20. The van der Waals surface area contributed by atoms with Gasteiger partial charge in [-0.15, -0.1) is 0 Å². The largest absolute Gasteiger partial charge is 0.481 e. The molecule has 226 valence electrons. The predicted octanol–water partition coefficient (Wildman–Crippen LogP) is 6.07. The molecule has 0 spiro atoms. The minimum absolute atomic E-state index is 0.258. The lowest BCUT2D eigenvalue weighted by molar-refractivity contribution is -0.146. The topological polar surface area (TPSA) is 117 Å². The number of piperazine rings is 1. The first-order chi connectivity index (χ1) is 20.0. The Morgan fingerprint density at radius 1 is 0.780 bits per heavy atom. The number of hydroxylamine groups is 1. The quantitative estimate of drug-likeness (QED) is 0.123. The number of hydrogen-bond acceptors (Lipinski definition) is 6. The number of amides is 1. The average Bonchev–Trinajstić information content (AvgIpc) is 2.99. The van der Waals surface area contributed by atoms with Gasteiger partial charge >= 0.3 is 11.9 Å². The molecule has 2 rings (SSSR count). The summed E-state index contributed by atoms with van der Waals surface area (Å²) in [6.07, 6.45) is 28.4. The molecule has 0 aliphatic carbocycles. The lowest BCUT2D eigenvalue weighted by Crippen LogP contribution is -2.39. The molecule has 1 saturated heterocycles. The van der Waals surface area contributed by atoms with Crippen LogP contribution in [0.1, 0.15) is 75.6 Å². The second-order valence-electron chi connectivity index (χ2n) is 8.88. The molecule has 0 radical (unpaired) electrons. The fraction of sp³-hybridized carbons (Fsp3) is 0.424. The summed E-state index contributed by atoms with van der Waals surface area (Å²) in [5.41, 5.74) is 2.46. The normalized spacial score (nSPS) is 13.2. The SMILES string of the molecule is C1CNCCN1.CC(=O)ONC(=O)c1ccccc1.CC/C=C\C/C=C\C/C=C\C/C=C\C/C=C\CCCC(=O)O. The maximum atomic E-state index is 11.2. The van der Waals surface area contributed by atoms with Crippen molar-refractivity contribution in [3.63, 3.8) is 0 Å². The van der Waals surface area contributed by atoms with E-state index in [2.05, 4.69) is 83.2 Å². The van der Waals surface area contributed by atoms with Crippen molar-refractivity contribution in [3.8, 4) is 0 Å². The monoisotopic (exact) mass is 567 g/mol. The van der Waals surface area contributed by atoms with Gasteiger partial charge in [0.15, 0.2) is 0 Å². The van der Waals surface area contributed by atoms with Crippen molar-refractivity contribution in [1.29, 1.82) is 0 Å². The van der Waals surface area contributed by atoms with Gasteiger partial charge in [0.2, 0.25) is 0 Å². The summed E-state index contributed by atoms with van der Waals surface area (Å²) in [7, 11) is 0. The van der Waals surface area contributed by atoms with E-state index in [4.69, 9.17) is 5.11 Å². The highest BCUT2D eigenvalue weighted by Crippen LogP contribution is 1.99. The third kappa shape index (κ3) is 29.1. The van der Waals surface area contributed by atoms with Gasteiger partial charge < -0.3 is 20.6 Å². The van der Waals surface area contributed by atoms with Crippen LogP contribution in [-0.2, 0) is 14.4 Å². The molecular weight excluding hydrogens is 518 g/mol. The standard InChI is InChI=1S/C20H30O2.C9H9NO3.C4H10N2/c1-2-3-4-5-6-7-8-9-10-11-12-13-14-15-16-17-18-19-20(21)22;1-7(11)13-10-9(12)8-5-3-2-4-6-8;1-2-6-4-3-5-1/h3-4,6-7,9-10,12-13,15-16H,2,5,8,11,14,17-19H2,1H3,(H,21,22);2-6H,1H3,(H,10,12);5-6H,1-4H2/b4-3-,7-6-,10-9-,13-12-,16-15-;;. The first-order valence-electron chi connectivity index (χ1n) is 14.4. The molecule has 1 aliphatic rings. The van der Waals surface area contributed by atoms with Crippen LogP contribution < -0.4 is 16.1 Å². The number of allylic oxidation sites excluding steroid dienone is 10. The van der Waals surface area contributed by atoms with E-state index in [1.54, 1.807) is 30.3 Å². The van der Waals surface area contributed by atoms with E-state index in [1.807, 2.05) is 5.48 Å². The van der Waals surface area contributed by atoms with Crippen LogP contribution in [0.5, 0.6) is 0 Å². The van der Waals surface area contributed by atoms with E-state index >= 15 is 0 Å². The van der Waals surface area contributed by atoms with E-state index in [-0.39, 0.29) is 6.42 Å². The van der Waals surface area contributed by atoms with Crippen LogP contribution >= 0.6 is 0 Å². The molecule has 1 heterocycles. The molecule has 1 aliphatic heterocycles. The molecule has 8 heteroatoms. The molecule has 1 aromatic rings. The lowest BCUT2D eigenvalue weighted by atomic mass is 10.2. The highest BCUT2D eigenvalue weighted by atomic mass is 16.7. The maximum Gasteiger partial charge on any atom is 0.329 e. The van der Waals surface area contributed by atoms with E-state index < -0.39 is 17.8 Å². The number of nitrogens with one attached hydrogen (secondary N) is 3. The number of hydrogen-bond donors (Lipinski definition) is 4. The van der Waals surface area contributed by atoms with Crippen molar-refractivity contribution >= 4 is 17.8 Å². The van der Waals surface area contributed by atoms with Gasteiger partial charge in [0, 0.05) is 45.1 Å². The Morgan fingerprint density at radius 3 is 1.66 bits per heavy atom. The molecule has 0 aromatic heterocycles. The summed E-state index contributed by atoms with van der Waals surface area (Å²) in [4.78, 5) is 36.1. The first-order valence-corrected chi connectivity index (χ1v) is 14.4. The van der Waals surface area contributed by atoms with Gasteiger partial charge in [-0.3, -0.25) is 14.4 Å². The highest BCUT2D eigenvalue weighted by molar-refractivity contribution is 5.93. The number of carbonyl (C=O) groups excluding carboxylic acids is 2. The summed E-state index contributed by atoms with van der Waals surface area (Å²) in [6.45, 7) is 7.91. The van der Waals surface area contributed by atoms with Gasteiger partial charge in [-0.2, -0.15) is 5.48 Å². The Morgan fingerprint density at radius 2 is 1.24 bits per heavy atom. The second-order valence-corrected chi connectivity index (χ2v) is 8.88. The van der Waals surface area contributed by atoms with Gasteiger partial charge in [0.05, 0.1) is 0 Å². The number of aliphatic carboxylic acids is 1. The van der Waals surface area contributed by atoms with Crippen molar-refractivity contribution in [2.75, 3.05) is 26.2 Å². The molecule has 0 saturated carbocycles. The minimum Gasteiger partial charge on any atom is -0.481 e. The summed E-state index contributed by atoms with van der Waals surface area (Å²) in [5.74, 6) is -1.70. The molecular formula is C33H49N3O5. The zero-order valence-electron chi connectivity index (χ0n) is 24.7. The molecule has 41 heavy (non-hydrogen) atoms. The fourth-order valence-electron chi connectivity index (χ4n) is 3.11. The molecule has 1 amide bonds. The van der Waals surface area contributed by atoms with Crippen molar-refractivity contribution in [3.05, 3.63) is 96.7 Å². The van der Waals surface area contributed by atoms with Crippen LogP contribution in [0.15, 0.2) is 91.1 Å². The van der Waals surface area contributed by atoms with Gasteiger partial charge in [-0.1, -0.05) is 85.9 Å². The summed E-state index contributed by atoms with van der Waals surface area (Å²) < 4.78 is 0. The van der Waals surface area contributed by atoms with Gasteiger partial charge in [-0.05, 0) is 57.1 Å². The predicted molar refractivity (Wildman–Crippen MR) is 167 cm³/mol. The van der Waals surface area contributed by atoms with Crippen molar-refractivity contribution in [2.24, 2.45) is 0 Å². The summed E-state index contributed by atoms with van der Waals surface area (Å²) in [5, 5.41) is 14.9. The van der Waals surface area contributed by atoms with Crippen LogP contribution in [0.4, 0.5) is 0 Å². The third-order valence-electron chi connectivity index (χ3n) is 5.20. The maximum absolute atomic E-state index is 11.2. The molecule has 1 fully saturated rings. The van der Waals surface area contributed by atoms with Crippen LogP contribution in [-0.4, -0.2) is 49.1 Å². The van der Waals surface area contributed by atoms with Crippen molar-refractivity contribution in [2.45, 2.75) is 65.2 Å². The Labute approximate surface area is 246 Å². The van der Waals surface area contributed by atoms with Gasteiger partial charge in [0.1, 0.15) is 0 Å². The lowest BCUT2D eigenvalue weighted by Gasteiger charge is -2.11. The number of unbranched alkanes of at least 4 members (excludes halogenated alkanes) is 1. The van der Waals surface area contributed by atoms with E-state index in [0.29, 0.717) is 5.56 Å². The molecule has 1 aromatic carbocycles. The van der Waals surface area contributed by atoms with Gasteiger partial charge in [-0.25, -0.2) is 0 Å². The van der Waals surface area contributed by atoms with E-state index in [1.165, 1.54) is 6.92 Å². The molecule has 0 bridgehead atoms. The highest BCUT2D eigenvalue weighted by Gasteiger charge is 2.04. The van der Waals surface area contributed by atoms with E-state index in [9.17, 15) is 14.4 Å². The Kier molecular flexibility index (Phi) is 26.6. The van der Waals surface area contributed by atoms with Crippen molar-refractivity contribution in [1.82, 2.24) is 16.1 Å². The fourth-order valence-corrected chi connectivity index (χ4v) is 3.11. The van der Waals surface area contributed by atoms with E-state index in [0.717, 1.165) is 71.1 Å². The number of carboxylic acid groups (broad SMARTS) is 1. The minimum atomic E-state index is -0.715. The Balaban J connectivity index is 0.000000696. The molecule has 0 atom stereocenters. The molecule has 4 N–H and O–H groups in total. The Hall–Kier alpha value is -3.75.